The summed E-state index contributed by atoms with van der Waals surface area (Å²) in [6.45, 7) is 12.4. The zero-order valence-electron chi connectivity index (χ0n) is 22.8. The predicted octanol–water partition coefficient (Wildman–Crippen LogP) is 3.34. The van der Waals surface area contributed by atoms with Crippen molar-refractivity contribution in [1.82, 2.24) is 15.5 Å². The van der Waals surface area contributed by atoms with Gasteiger partial charge in [0.05, 0.1) is 13.0 Å². The van der Waals surface area contributed by atoms with Crippen LogP contribution in [-0.2, 0) is 23.9 Å². The Morgan fingerprint density at radius 3 is 2.22 bits per heavy atom. The van der Waals surface area contributed by atoms with Gasteiger partial charge in [-0.1, -0.05) is 25.1 Å². The standard InChI is InChI=1S/C26H41N3O7S/c1-8-26(6,7)29(23(33)18(16-37)28-24(34)36-25(3,4)5)21(17-12-10-11-13-19(17)30)22(32)27-15-14-20(31)35-9-2/h10-13,18,21,30,37H,8-9,14-16H2,1-7H3,(H,27,32)(H,28,34). The molecule has 10 nitrogen and oxygen atoms in total. The van der Waals surface area contributed by atoms with E-state index in [1.54, 1.807) is 59.7 Å². The number of phenolic OH excluding ortho intramolecular Hbond substituents is 1. The third kappa shape index (κ3) is 9.79. The van der Waals surface area contributed by atoms with E-state index in [4.69, 9.17) is 9.47 Å². The lowest BCUT2D eigenvalue weighted by molar-refractivity contribution is -0.149. The van der Waals surface area contributed by atoms with E-state index in [1.807, 2.05) is 6.92 Å². The lowest BCUT2D eigenvalue weighted by atomic mass is 9.91. The summed E-state index contributed by atoms with van der Waals surface area (Å²) in [7, 11) is 0. The average Bonchev–Trinajstić information content (AvgIpc) is 2.80. The molecular weight excluding hydrogens is 498 g/mol. The van der Waals surface area contributed by atoms with Gasteiger partial charge in [-0.3, -0.25) is 14.4 Å². The van der Waals surface area contributed by atoms with Gasteiger partial charge >= 0.3 is 12.1 Å². The number of hydrogen-bond donors (Lipinski definition) is 4. The summed E-state index contributed by atoms with van der Waals surface area (Å²) < 4.78 is 10.2. The maximum absolute atomic E-state index is 13.9. The molecule has 0 aliphatic heterocycles. The molecule has 0 radical (unpaired) electrons. The maximum atomic E-state index is 13.9. The van der Waals surface area contributed by atoms with Gasteiger partial charge in [0.1, 0.15) is 23.4 Å². The summed E-state index contributed by atoms with van der Waals surface area (Å²) in [4.78, 5) is 53.1. The number of alkyl carbamates (subject to hydrolysis) is 1. The van der Waals surface area contributed by atoms with Crippen molar-refractivity contribution >= 4 is 36.5 Å². The normalized spacial score (nSPS) is 13.2. The summed E-state index contributed by atoms with van der Waals surface area (Å²) in [6, 6.07) is 3.83. The topological polar surface area (TPSA) is 134 Å². The number of rotatable bonds is 12. The van der Waals surface area contributed by atoms with Crippen LogP contribution in [0.25, 0.3) is 0 Å². The zero-order valence-corrected chi connectivity index (χ0v) is 23.7. The maximum Gasteiger partial charge on any atom is 0.408 e. The Labute approximate surface area is 224 Å². The van der Waals surface area contributed by atoms with Crippen molar-refractivity contribution < 1.29 is 33.8 Å². The minimum Gasteiger partial charge on any atom is -0.508 e. The quantitative estimate of drug-likeness (QED) is 0.236. The van der Waals surface area contributed by atoms with Crippen LogP contribution in [-0.4, -0.2) is 70.0 Å². The van der Waals surface area contributed by atoms with Gasteiger partial charge in [0.25, 0.3) is 0 Å². The van der Waals surface area contributed by atoms with Crippen LogP contribution < -0.4 is 10.6 Å². The first-order valence-electron chi connectivity index (χ1n) is 12.3. The minimum absolute atomic E-state index is 0.0253. The number of carbonyl (C=O) groups is 4. The Bertz CT molecular complexity index is 946. The SMILES string of the molecule is CCOC(=O)CCNC(=O)C(c1ccccc1O)N(C(=O)C(CS)NC(=O)OC(C)(C)C)C(C)(C)CC. The van der Waals surface area contributed by atoms with Gasteiger partial charge in [0, 0.05) is 23.4 Å². The van der Waals surface area contributed by atoms with E-state index in [-0.39, 0.29) is 36.6 Å². The lowest BCUT2D eigenvalue weighted by Gasteiger charge is -2.44. The van der Waals surface area contributed by atoms with E-state index in [2.05, 4.69) is 23.3 Å². The van der Waals surface area contributed by atoms with Crippen LogP contribution in [0, 0.1) is 0 Å². The Hall–Kier alpha value is -2.95. The number of thiol groups is 1. The molecular formula is C26H41N3O7S. The third-order valence-electron chi connectivity index (χ3n) is 5.60. The van der Waals surface area contributed by atoms with Gasteiger partial charge in [0.2, 0.25) is 11.8 Å². The average molecular weight is 540 g/mol. The van der Waals surface area contributed by atoms with E-state index < -0.39 is 47.1 Å². The molecule has 0 heterocycles. The Kier molecular flexibility index (Phi) is 12.2. The van der Waals surface area contributed by atoms with Crippen LogP contribution >= 0.6 is 12.6 Å². The van der Waals surface area contributed by atoms with Gasteiger partial charge in [-0.15, -0.1) is 0 Å². The number of phenols is 1. The van der Waals surface area contributed by atoms with Gasteiger partial charge in [0.15, 0.2) is 0 Å². The van der Waals surface area contributed by atoms with Crippen molar-refractivity contribution in [3.63, 3.8) is 0 Å². The monoisotopic (exact) mass is 539 g/mol. The Morgan fingerprint density at radius 2 is 1.70 bits per heavy atom. The third-order valence-corrected chi connectivity index (χ3v) is 5.96. The number of esters is 1. The first kappa shape index (κ1) is 32.1. The summed E-state index contributed by atoms with van der Waals surface area (Å²) in [5.74, 6) is -1.90. The minimum atomic E-state index is -1.27. The van der Waals surface area contributed by atoms with E-state index in [1.165, 1.54) is 11.0 Å². The van der Waals surface area contributed by atoms with Crippen LogP contribution in [0.2, 0.25) is 0 Å². The summed E-state index contributed by atoms with van der Waals surface area (Å²) in [6.07, 6.45) is -0.408. The lowest BCUT2D eigenvalue weighted by Crippen LogP contribution is -2.60. The zero-order chi connectivity index (χ0) is 28.4. The molecule has 0 fully saturated rings. The van der Waals surface area contributed by atoms with Crippen LogP contribution in [0.15, 0.2) is 24.3 Å². The molecule has 0 spiro atoms. The second-order valence-corrected chi connectivity index (χ2v) is 10.4. The molecule has 0 aromatic heterocycles. The fraction of sp³-hybridized carbons (Fsp3) is 0.615. The number of para-hydroxylation sites is 1. The molecule has 11 heteroatoms. The van der Waals surface area contributed by atoms with Crippen molar-refractivity contribution in [1.29, 1.82) is 0 Å². The molecule has 2 unspecified atom stereocenters. The fourth-order valence-electron chi connectivity index (χ4n) is 3.48. The number of nitrogens with one attached hydrogen (secondary N) is 2. The van der Waals surface area contributed by atoms with E-state index >= 15 is 0 Å². The molecule has 0 saturated carbocycles. The highest BCUT2D eigenvalue weighted by Gasteiger charge is 2.43. The molecule has 1 aromatic rings. The molecule has 0 bridgehead atoms. The highest BCUT2D eigenvalue weighted by Crippen LogP contribution is 2.35. The second kappa shape index (κ2) is 14.1. The van der Waals surface area contributed by atoms with Gasteiger partial charge in [-0.25, -0.2) is 4.79 Å². The Balaban J connectivity index is 3.46. The summed E-state index contributed by atoms with van der Waals surface area (Å²) in [5, 5.41) is 15.9. The van der Waals surface area contributed by atoms with Crippen molar-refractivity contribution in [3.05, 3.63) is 29.8 Å². The number of nitrogens with zero attached hydrogens (tertiary/aromatic N) is 1. The molecule has 3 amide bonds. The van der Waals surface area contributed by atoms with Gasteiger partial charge in [-0.05, 0) is 54.0 Å². The number of aromatic hydroxyl groups is 1. The van der Waals surface area contributed by atoms with E-state index in [9.17, 15) is 24.3 Å². The second-order valence-electron chi connectivity index (χ2n) is 10.1. The number of carbonyl (C=O) groups excluding carboxylic acids is 4. The highest BCUT2D eigenvalue weighted by atomic mass is 32.1. The van der Waals surface area contributed by atoms with Crippen molar-refractivity contribution in [3.8, 4) is 5.75 Å². The van der Waals surface area contributed by atoms with Crippen molar-refractivity contribution in [2.24, 2.45) is 0 Å². The number of benzene rings is 1. The molecule has 3 N–H and O–H groups in total. The van der Waals surface area contributed by atoms with E-state index in [0.29, 0.717) is 6.42 Å². The number of hydrogen-bond acceptors (Lipinski definition) is 8. The molecule has 2 atom stereocenters. The first-order valence-corrected chi connectivity index (χ1v) is 13.0. The largest absolute Gasteiger partial charge is 0.508 e. The van der Waals surface area contributed by atoms with E-state index in [0.717, 1.165) is 0 Å². The summed E-state index contributed by atoms with van der Waals surface area (Å²) in [5.41, 5.74) is -1.48. The molecule has 37 heavy (non-hydrogen) atoms. The smallest absolute Gasteiger partial charge is 0.408 e. The van der Waals surface area contributed by atoms with Crippen molar-refractivity contribution in [2.45, 2.75) is 84.5 Å². The molecule has 0 aliphatic rings. The van der Waals surface area contributed by atoms with Gasteiger partial charge < -0.3 is 30.1 Å². The first-order chi connectivity index (χ1) is 17.2. The summed E-state index contributed by atoms with van der Waals surface area (Å²) >= 11 is 4.27. The number of amides is 3. The fourth-order valence-corrected chi connectivity index (χ4v) is 3.73. The van der Waals surface area contributed by atoms with Crippen LogP contribution in [0.5, 0.6) is 5.75 Å². The van der Waals surface area contributed by atoms with Gasteiger partial charge in [-0.2, -0.15) is 12.6 Å². The van der Waals surface area contributed by atoms with Crippen LogP contribution in [0.4, 0.5) is 4.79 Å². The highest BCUT2D eigenvalue weighted by molar-refractivity contribution is 7.80. The molecule has 1 rings (SSSR count). The predicted molar refractivity (Wildman–Crippen MR) is 143 cm³/mol. The van der Waals surface area contributed by atoms with Crippen LogP contribution in [0.1, 0.15) is 72.9 Å². The molecule has 1 aromatic carbocycles. The Morgan fingerprint density at radius 1 is 1.08 bits per heavy atom. The number of ether oxygens (including phenoxy) is 2. The molecule has 0 aliphatic carbocycles. The molecule has 208 valence electrons. The van der Waals surface area contributed by atoms with Crippen LogP contribution in [0.3, 0.4) is 0 Å². The van der Waals surface area contributed by atoms with Crippen molar-refractivity contribution in [2.75, 3.05) is 18.9 Å². The molecule has 0 saturated heterocycles.